The van der Waals surface area contributed by atoms with E-state index in [0.29, 0.717) is 11.3 Å². The zero-order valence-electron chi connectivity index (χ0n) is 14.4. The maximum absolute atomic E-state index is 13.7. The summed E-state index contributed by atoms with van der Waals surface area (Å²) in [6.07, 6.45) is 0. The highest BCUT2D eigenvalue weighted by Gasteiger charge is 2.69. The van der Waals surface area contributed by atoms with E-state index in [1.54, 1.807) is 31.2 Å². The molecule has 2 fully saturated rings. The fraction of sp³-hybridized carbons (Fsp3) is 0.250. The predicted octanol–water partition coefficient (Wildman–Crippen LogP) is 1.77. The van der Waals surface area contributed by atoms with Gasteiger partial charge in [0, 0.05) is 17.3 Å². The second-order valence-corrected chi connectivity index (χ2v) is 7.24. The summed E-state index contributed by atoms with van der Waals surface area (Å²) in [6, 6.07) is 12.2. The van der Waals surface area contributed by atoms with Crippen LogP contribution < -0.4 is 15.5 Å². The Hall–Kier alpha value is -3.06. The Morgan fingerprint density at radius 2 is 1.81 bits per heavy atom. The molecule has 1 spiro atoms. The van der Waals surface area contributed by atoms with Crippen molar-refractivity contribution in [3.8, 4) is 0 Å². The molecule has 0 aromatic heterocycles. The number of rotatable bonds is 1. The quantitative estimate of drug-likeness (QED) is 0.755. The van der Waals surface area contributed by atoms with Crippen molar-refractivity contribution in [3.05, 3.63) is 59.9 Å². The van der Waals surface area contributed by atoms with E-state index in [9.17, 15) is 18.8 Å². The molecule has 3 amide bonds. The molecule has 2 N–H and O–H groups in total. The van der Waals surface area contributed by atoms with Crippen LogP contribution >= 0.6 is 0 Å². The molecule has 0 bridgehead atoms. The van der Waals surface area contributed by atoms with Crippen LogP contribution in [0.3, 0.4) is 0 Å². The lowest BCUT2D eigenvalue weighted by atomic mass is 9.76. The number of hydrogen-bond acceptors (Lipinski definition) is 4. The first-order chi connectivity index (χ1) is 12.9. The molecule has 6 nitrogen and oxygen atoms in total. The van der Waals surface area contributed by atoms with Gasteiger partial charge in [-0.15, -0.1) is 0 Å². The average molecular weight is 365 g/mol. The van der Waals surface area contributed by atoms with Crippen LogP contribution in [-0.4, -0.2) is 23.8 Å². The topological polar surface area (TPSA) is 78.5 Å². The van der Waals surface area contributed by atoms with Gasteiger partial charge in [-0.3, -0.25) is 19.7 Å². The van der Waals surface area contributed by atoms with Gasteiger partial charge < -0.3 is 5.32 Å². The molecule has 0 unspecified atom stereocenters. The van der Waals surface area contributed by atoms with Crippen molar-refractivity contribution in [2.45, 2.75) is 18.5 Å². The summed E-state index contributed by atoms with van der Waals surface area (Å²) in [4.78, 5) is 40.4. The highest BCUT2D eigenvalue weighted by molar-refractivity contribution is 6.25. The van der Waals surface area contributed by atoms with Gasteiger partial charge in [-0.1, -0.05) is 24.3 Å². The van der Waals surface area contributed by atoms with E-state index in [1.807, 2.05) is 0 Å². The summed E-state index contributed by atoms with van der Waals surface area (Å²) in [5.41, 5.74) is 0.188. The number of fused-ring (bicyclic) bond motifs is 4. The van der Waals surface area contributed by atoms with Crippen LogP contribution in [0, 0.1) is 17.7 Å². The number of nitrogens with one attached hydrogen (secondary N) is 2. The van der Waals surface area contributed by atoms with Crippen LogP contribution in [-0.2, 0) is 19.9 Å². The molecular formula is C20H16FN3O3. The molecule has 2 aromatic rings. The van der Waals surface area contributed by atoms with Gasteiger partial charge in [0.25, 0.3) is 0 Å². The summed E-state index contributed by atoms with van der Waals surface area (Å²) in [5, 5.41) is 6.05. The monoisotopic (exact) mass is 365 g/mol. The van der Waals surface area contributed by atoms with Gasteiger partial charge in [-0.05, 0) is 31.2 Å². The number of carbonyl (C=O) groups excluding carboxylic acids is 3. The lowest BCUT2D eigenvalue weighted by Gasteiger charge is -2.29. The Morgan fingerprint density at radius 3 is 2.59 bits per heavy atom. The number of carbonyl (C=O) groups is 3. The van der Waals surface area contributed by atoms with E-state index < -0.39 is 35.0 Å². The molecule has 27 heavy (non-hydrogen) atoms. The summed E-state index contributed by atoms with van der Waals surface area (Å²) in [7, 11) is 0. The zero-order valence-corrected chi connectivity index (χ0v) is 14.4. The molecule has 2 saturated heterocycles. The fourth-order valence-corrected chi connectivity index (χ4v) is 4.79. The Bertz CT molecular complexity index is 1020. The first kappa shape index (κ1) is 16.1. The molecule has 3 heterocycles. The Kier molecular flexibility index (Phi) is 3.13. The molecule has 2 aromatic carbocycles. The van der Waals surface area contributed by atoms with Gasteiger partial charge >= 0.3 is 0 Å². The van der Waals surface area contributed by atoms with Gasteiger partial charge in [0.15, 0.2) is 0 Å². The van der Waals surface area contributed by atoms with Crippen molar-refractivity contribution in [3.63, 3.8) is 0 Å². The number of benzene rings is 2. The third-order valence-corrected chi connectivity index (χ3v) is 5.84. The SMILES string of the molecule is C[C@H]1N[C@]2(C(=O)Nc3ccccc32)[C@@H]2C(=O)N(c3cccc(F)c3)C(=O)[C@H]21. The average Bonchev–Trinajstić information content (AvgIpc) is 3.20. The van der Waals surface area contributed by atoms with Crippen molar-refractivity contribution >= 4 is 29.1 Å². The largest absolute Gasteiger partial charge is 0.324 e. The van der Waals surface area contributed by atoms with E-state index in [4.69, 9.17) is 0 Å². The van der Waals surface area contributed by atoms with E-state index in [2.05, 4.69) is 10.6 Å². The van der Waals surface area contributed by atoms with Crippen molar-refractivity contribution in [2.24, 2.45) is 11.8 Å². The number of nitrogens with zero attached hydrogens (tertiary/aromatic N) is 1. The van der Waals surface area contributed by atoms with Crippen LogP contribution in [0.1, 0.15) is 12.5 Å². The number of hydrogen-bond donors (Lipinski definition) is 2. The Labute approximate surface area is 154 Å². The molecule has 0 saturated carbocycles. The van der Waals surface area contributed by atoms with Gasteiger partial charge in [0.2, 0.25) is 17.7 Å². The number of amides is 3. The van der Waals surface area contributed by atoms with Crippen LogP contribution in [0.15, 0.2) is 48.5 Å². The van der Waals surface area contributed by atoms with Crippen molar-refractivity contribution in [2.75, 3.05) is 10.2 Å². The third-order valence-electron chi connectivity index (χ3n) is 5.84. The van der Waals surface area contributed by atoms with Crippen LogP contribution in [0.2, 0.25) is 0 Å². The van der Waals surface area contributed by atoms with Crippen LogP contribution in [0.5, 0.6) is 0 Å². The smallest absolute Gasteiger partial charge is 0.250 e. The van der Waals surface area contributed by atoms with Gasteiger partial charge in [0.1, 0.15) is 11.4 Å². The maximum Gasteiger partial charge on any atom is 0.250 e. The van der Waals surface area contributed by atoms with E-state index in [1.165, 1.54) is 18.2 Å². The first-order valence-corrected chi connectivity index (χ1v) is 8.77. The summed E-state index contributed by atoms with van der Waals surface area (Å²) >= 11 is 0. The second kappa shape index (κ2) is 5.23. The molecule has 4 atom stereocenters. The van der Waals surface area contributed by atoms with Crippen molar-refractivity contribution in [1.29, 1.82) is 0 Å². The minimum atomic E-state index is -1.30. The van der Waals surface area contributed by atoms with Crippen molar-refractivity contribution in [1.82, 2.24) is 5.32 Å². The van der Waals surface area contributed by atoms with Crippen LogP contribution in [0.4, 0.5) is 15.8 Å². The molecule has 0 radical (unpaired) electrons. The molecule has 3 aliphatic rings. The fourth-order valence-electron chi connectivity index (χ4n) is 4.79. The number of imide groups is 1. The number of para-hydroxylation sites is 1. The second-order valence-electron chi connectivity index (χ2n) is 7.24. The zero-order chi connectivity index (χ0) is 18.9. The van der Waals surface area contributed by atoms with Gasteiger partial charge in [-0.2, -0.15) is 0 Å². The van der Waals surface area contributed by atoms with Gasteiger partial charge in [-0.25, -0.2) is 9.29 Å². The molecule has 5 rings (SSSR count). The van der Waals surface area contributed by atoms with E-state index in [-0.39, 0.29) is 17.6 Å². The lowest BCUT2D eigenvalue weighted by Crippen LogP contribution is -2.53. The van der Waals surface area contributed by atoms with Crippen LogP contribution in [0.25, 0.3) is 0 Å². The molecule has 136 valence electrons. The van der Waals surface area contributed by atoms with E-state index in [0.717, 1.165) is 11.0 Å². The number of anilines is 2. The predicted molar refractivity (Wildman–Crippen MR) is 95.2 cm³/mol. The third kappa shape index (κ3) is 1.89. The molecular weight excluding hydrogens is 349 g/mol. The summed E-state index contributed by atoms with van der Waals surface area (Å²) in [6.45, 7) is 1.79. The first-order valence-electron chi connectivity index (χ1n) is 8.77. The Balaban J connectivity index is 1.67. The van der Waals surface area contributed by atoms with E-state index >= 15 is 0 Å². The normalized spacial score (nSPS) is 31.4. The Morgan fingerprint density at radius 1 is 1.04 bits per heavy atom. The minimum absolute atomic E-state index is 0.188. The van der Waals surface area contributed by atoms with Gasteiger partial charge in [0.05, 0.1) is 17.5 Å². The lowest BCUT2D eigenvalue weighted by molar-refractivity contribution is -0.130. The summed E-state index contributed by atoms with van der Waals surface area (Å²) < 4.78 is 13.7. The number of halogens is 1. The highest BCUT2D eigenvalue weighted by atomic mass is 19.1. The standard InChI is InChI=1S/C20H16FN3O3/c1-10-15-16(18(26)24(17(15)25)12-6-4-5-11(21)9-12)20(23-10)13-7-2-3-8-14(13)22-19(20)27/h2-10,15-16,23H,1H3,(H,22,27)/t10-,15+,16+,20+/m1/s1. The molecule has 0 aliphatic carbocycles. The molecule has 3 aliphatic heterocycles. The van der Waals surface area contributed by atoms with Crippen molar-refractivity contribution < 1.29 is 18.8 Å². The minimum Gasteiger partial charge on any atom is -0.324 e. The maximum atomic E-state index is 13.7. The highest BCUT2D eigenvalue weighted by Crippen LogP contribution is 2.53. The molecule has 7 heteroatoms. The summed E-state index contributed by atoms with van der Waals surface area (Å²) in [5.74, 6) is -3.35.